The van der Waals surface area contributed by atoms with E-state index in [0.29, 0.717) is 16.9 Å². The fourth-order valence-corrected chi connectivity index (χ4v) is 1.99. The van der Waals surface area contributed by atoms with E-state index < -0.39 is 4.92 Å². The van der Waals surface area contributed by atoms with Gasteiger partial charge in [0.1, 0.15) is 24.1 Å². The summed E-state index contributed by atoms with van der Waals surface area (Å²) in [7, 11) is 0. The minimum absolute atomic E-state index is 0.0160. The number of nitro benzene ring substituents is 1. The van der Waals surface area contributed by atoms with Crippen LogP contribution in [-0.4, -0.2) is 9.91 Å². The first-order valence-electron chi connectivity index (χ1n) is 6.25. The molecule has 0 spiro atoms. The Morgan fingerprint density at radius 2 is 2.14 bits per heavy atom. The molecule has 21 heavy (non-hydrogen) atoms. The van der Waals surface area contributed by atoms with E-state index in [1.807, 2.05) is 13.0 Å². The topological polar surface area (TPSA) is 89.1 Å². The van der Waals surface area contributed by atoms with E-state index in [4.69, 9.17) is 10.00 Å². The van der Waals surface area contributed by atoms with Crippen LogP contribution in [0.2, 0.25) is 0 Å². The van der Waals surface area contributed by atoms with Gasteiger partial charge in [-0.15, -0.1) is 0 Å². The highest BCUT2D eigenvalue weighted by Crippen LogP contribution is 2.28. The second kappa shape index (κ2) is 6.01. The van der Waals surface area contributed by atoms with Crippen LogP contribution >= 0.6 is 0 Å². The summed E-state index contributed by atoms with van der Waals surface area (Å²) in [5.41, 5.74) is 2.34. The first-order chi connectivity index (χ1) is 10.0. The highest BCUT2D eigenvalue weighted by atomic mass is 16.6. The lowest BCUT2D eigenvalue weighted by Crippen LogP contribution is -2.02. The molecule has 1 aromatic carbocycles. The van der Waals surface area contributed by atoms with Gasteiger partial charge in [0.2, 0.25) is 0 Å². The van der Waals surface area contributed by atoms with Gasteiger partial charge in [-0.05, 0) is 31.5 Å². The van der Waals surface area contributed by atoms with Gasteiger partial charge in [0.15, 0.2) is 0 Å². The number of pyridine rings is 1. The number of hydrogen-bond donors (Lipinski definition) is 0. The lowest BCUT2D eigenvalue weighted by atomic mass is 10.1. The van der Waals surface area contributed by atoms with E-state index in [9.17, 15) is 10.1 Å². The molecule has 2 rings (SSSR count). The van der Waals surface area contributed by atoms with Crippen LogP contribution in [0, 0.1) is 35.3 Å². The summed E-state index contributed by atoms with van der Waals surface area (Å²) < 4.78 is 5.62. The Bertz CT molecular complexity index is 735. The molecule has 6 nitrogen and oxygen atoms in total. The number of nitro groups is 1. The quantitative estimate of drug-likeness (QED) is 0.635. The van der Waals surface area contributed by atoms with Crippen LogP contribution in [0.4, 0.5) is 5.69 Å². The van der Waals surface area contributed by atoms with Crippen molar-refractivity contribution in [1.82, 2.24) is 4.98 Å². The molecular weight excluding hydrogens is 270 g/mol. The highest BCUT2D eigenvalue weighted by Gasteiger charge is 2.15. The number of rotatable bonds is 4. The predicted octanol–water partition coefficient (Wildman–Crippen LogP) is 3.06. The summed E-state index contributed by atoms with van der Waals surface area (Å²) in [4.78, 5) is 14.5. The average Bonchev–Trinajstić information content (AvgIpc) is 2.46. The molecule has 1 aromatic heterocycles. The summed E-state index contributed by atoms with van der Waals surface area (Å²) in [6.07, 6.45) is 1.53. The number of nitrogens with zero attached hydrogens (tertiary/aromatic N) is 3. The number of hydrogen-bond acceptors (Lipinski definition) is 5. The lowest BCUT2D eigenvalue weighted by molar-refractivity contribution is -0.385. The molecule has 0 bridgehead atoms. The van der Waals surface area contributed by atoms with Crippen molar-refractivity contribution < 1.29 is 9.66 Å². The summed E-state index contributed by atoms with van der Waals surface area (Å²) >= 11 is 0. The largest absolute Gasteiger partial charge is 0.488 e. The molecule has 106 valence electrons. The fourth-order valence-electron chi connectivity index (χ4n) is 1.99. The van der Waals surface area contributed by atoms with Crippen molar-refractivity contribution in [1.29, 1.82) is 5.26 Å². The van der Waals surface area contributed by atoms with E-state index in [1.54, 1.807) is 25.1 Å². The Morgan fingerprint density at radius 3 is 2.81 bits per heavy atom. The maximum Gasteiger partial charge on any atom is 0.276 e. The number of benzene rings is 1. The Hall–Kier alpha value is -2.94. The summed E-state index contributed by atoms with van der Waals surface area (Å²) in [6.45, 7) is 3.64. The van der Waals surface area contributed by atoms with Gasteiger partial charge in [-0.2, -0.15) is 5.26 Å². The second-order valence-electron chi connectivity index (χ2n) is 4.57. The summed E-state index contributed by atoms with van der Waals surface area (Å²) in [5, 5.41) is 19.9. The monoisotopic (exact) mass is 283 g/mol. The molecule has 0 aliphatic carbocycles. The molecule has 0 atom stereocenters. The molecule has 0 amide bonds. The molecule has 2 aromatic rings. The van der Waals surface area contributed by atoms with Gasteiger partial charge in [-0.25, -0.2) is 4.98 Å². The zero-order valence-corrected chi connectivity index (χ0v) is 11.7. The Morgan fingerprint density at radius 1 is 1.38 bits per heavy atom. The molecule has 0 aliphatic heterocycles. The SMILES string of the molecule is Cc1cc(C)c([N+](=O)[O-])cc1OCc1cccnc1C#N. The molecule has 6 heteroatoms. The molecule has 0 fully saturated rings. The van der Waals surface area contributed by atoms with Crippen molar-refractivity contribution in [3.05, 3.63) is 63.0 Å². The highest BCUT2D eigenvalue weighted by molar-refractivity contribution is 5.49. The Balaban J connectivity index is 2.26. The van der Waals surface area contributed by atoms with Crippen LogP contribution in [0.5, 0.6) is 5.75 Å². The van der Waals surface area contributed by atoms with Crippen LogP contribution in [0.15, 0.2) is 30.5 Å². The van der Waals surface area contributed by atoms with Gasteiger partial charge in [0, 0.05) is 17.3 Å². The first kappa shape index (κ1) is 14.5. The molecular formula is C15H13N3O3. The number of nitriles is 1. The second-order valence-corrected chi connectivity index (χ2v) is 4.57. The van der Waals surface area contributed by atoms with Crippen LogP contribution in [0.1, 0.15) is 22.4 Å². The molecule has 0 radical (unpaired) electrons. The molecule has 0 aliphatic rings. The smallest absolute Gasteiger partial charge is 0.276 e. The van der Waals surface area contributed by atoms with Crippen molar-refractivity contribution >= 4 is 5.69 Å². The van der Waals surface area contributed by atoms with E-state index in [-0.39, 0.29) is 18.0 Å². The van der Waals surface area contributed by atoms with Gasteiger partial charge in [0.05, 0.1) is 11.0 Å². The number of aryl methyl sites for hydroxylation is 2. The minimum atomic E-state index is -0.438. The lowest BCUT2D eigenvalue weighted by Gasteiger charge is -2.10. The maximum atomic E-state index is 11.0. The third-order valence-corrected chi connectivity index (χ3v) is 3.07. The van der Waals surface area contributed by atoms with Gasteiger partial charge >= 0.3 is 0 Å². The van der Waals surface area contributed by atoms with E-state index in [2.05, 4.69) is 4.98 Å². The standard InChI is InChI=1S/C15H13N3O3/c1-10-6-11(2)15(7-14(10)18(19)20)21-9-12-4-3-5-17-13(12)8-16/h3-7H,9H2,1-2H3. The van der Waals surface area contributed by atoms with Crippen molar-refractivity contribution in [3.8, 4) is 11.8 Å². The fraction of sp³-hybridized carbons (Fsp3) is 0.200. The van der Waals surface area contributed by atoms with Gasteiger partial charge in [-0.3, -0.25) is 10.1 Å². The van der Waals surface area contributed by atoms with Crippen molar-refractivity contribution in [2.45, 2.75) is 20.5 Å². The van der Waals surface area contributed by atoms with Gasteiger partial charge in [0.25, 0.3) is 5.69 Å². The Labute approximate surface area is 121 Å². The number of aromatic nitrogens is 1. The average molecular weight is 283 g/mol. The van der Waals surface area contributed by atoms with Crippen molar-refractivity contribution in [2.24, 2.45) is 0 Å². The van der Waals surface area contributed by atoms with Gasteiger partial charge in [-0.1, -0.05) is 6.07 Å². The Kier molecular flexibility index (Phi) is 4.14. The van der Waals surface area contributed by atoms with Crippen LogP contribution < -0.4 is 4.74 Å². The minimum Gasteiger partial charge on any atom is -0.488 e. The first-order valence-corrected chi connectivity index (χ1v) is 6.25. The molecule has 1 heterocycles. The van der Waals surface area contributed by atoms with Crippen LogP contribution in [-0.2, 0) is 6.61 Å². The van der Waals surface area contributed by atoms with E-state index in [0.717, 1.165) is 5.56 Å². The normalized spacial score (nSPS) is 9.95. The molecule has 0 saturated carbocycles. The molecule has 0 unspecified atom stereocenters. The molecule has 0 saturated heterocycles. The zero-order chi connectivity index (χ0) is 15.4. The summed E-state index contributed by atoms with van der Waals surface area (Å²) in [6, 6.07) is 8.56. The predicted molar refractivity (Wildman–Crippen MR) is 75.9 cm³/mol. The van der Waals surface area contributed by atoms with Crippen molar-refractivity contribution in [2.75, 3.05) is 0 Å². The van der Waals surface area contributed by atoms with E-state index >= 15 is 0 Å². The van der Waals surface area contributed by atoms with Crippen molar-refractivity contribution in [3.63, 3.8) is 0 Å². The maximum absolute atomic E-state index is 11.0. The van der Waals surface area contributed by atoms with Crippen LogP contribution in [0.25, 0.3) is 0 Å². The summed E-state index contributed by atoms with van der Waals surface area (Å²) in [5.74, 6) is 0.431. The van der Waals surface area contributed by atoms with Crippen LogP contribution in [0.3, 0.4) is 0 Å². The van der Waals surface area contributed by atoms with E-state index in [1.165, 1.54) is 12.3 Å². The zero-order valence-electron chi connectivity index (χ0n) is 11.7. The third kappa shape index (κ3) is 3.15. The third-order valence-electron chi connectivity index (χ3n) is 3.07. The molecule has 0 N–H and O–H groups in total. The van der Waals surface area contributed by atoms with Gasteiger partial charge < -0.3 is 4.74 Å². The number of ether oxygens (including phenoxy) is 1.